The molecule has 0 bridgehead atoms. The summed E-state index contributed by atoms with van der Waals surface area (Å²) in [6.07, 6.45) is 3.45. The minimum atomic E-state index is -0.567. The number of hydrogen-bond acceptors (Lipinski definition) is 6. The minimum absolute atomic E-state index is 0.0242. The molecule has 1 aliphatic heterocycles. The van der Waals surface area contributed by atoms with Crippen molar-refractivity contribution in [3.8, 4) is 11.5 Å². The van der Waals surface area contributed by atoms with Crippen LogP contribution in [0.25, 0.3) is 0 Å². The summed E-state index contributed by atoms with van der Waals surface area (Å²) in [5.41, 5.74) is 1.55. The molecule has 0 spiro atoms. The third kappa shape index (κ3) is 6.57. The molecule has 0 aromatic heterocycles. The predicted octanol–water partition coefficient (Wildman–Crippen LogP) is 3.29. The van der Waals surface area contributed by atoms with Crippen LogP contribution in [0.15, 0.2) is 48.5 Å². The zero-order valence-electron chi connectivity index (χ0n) is 19.6. The SMILES string of the molecule is COc1ccc(N2CCCN(C(=O)C(CCSC)NC(=O)c3ccccc3OC)CC2)cc1. The van der Waals surface area contributed by atoms with Gasteiger partial charge in [0.15, 0.2) is 0 Å². The number of nitrogens with one attached hydrogen (secondary N) is 1. The van der Waals surface area contributed by atoms with Gasteiger partial charge in [-0.3, -0.25) is 9.59 Å². The number of carbonyl (C=O) groups is 2. The van der Waals surface area contributed by atoms with Crippen LogP contribution in [0.1, 0.15) is 23.2 Å². The largest absolute Gasteiger partial charge is 0.497 e. The van der Waals surface area contributed by atoms with E-state index in [-0.39, 0.29) is 11.8 Å². The first-order chi connectivity index (χ1) is 16.1. The number of para-hydroxylation sites is 1. The van der Waals surface area contributed by atoms with Crippen LogP contribution < -0.4 is 19.7 Å². The van der Waals surface area contributed by atoms with E-state index in [2.05, 4.69) is 10.2 Å². The van der Waals surface area contributed by atoms with Gasteiger partial charge >= 0.3 is 0 Å². The predicted molar refractivity (Wildman–Crippen MR) is 134 cm³/mol. The molecule has 2 amide bonds. The third-order valence-electron chi connectivity index (χ3n) is 5.81. The van der Waals surface area contributed by atoms with Gasteiger partial charge in [0.1, 0.15) is 17.5 Å². The average Bonchev–Trinajstić information content (AvgIpc) is 3.12. The molecule has 3 rings (SSSR count). The number of anilines is 1. The van der Waals surface area contributed by atoms with Gasteiger partial charge in [0.05, 0.1) is 19.8 Å². The number of nitrogens with zero attached hydrogens (tertiary/aromatic N) is 2. The average molecular weight is 472 g/mol. The first-order valence-electron chi connectivity index (χ1n) is 11.2. The highest BCUT2D eigenvalue weighted by Gasteiger charge is 2.28. The smallest absolute Gasteiger partial charge is 0.255 e. The number of amides is 2. The summed E-state index contributed by atoms with van der Waals surface area (Å²) < 4.78 is 10.6. The van der Waals surface area contributed by atoms with Gasteiger partial charge in [-0.2, -0.15) is 11.8 Å². The fourth-order valence-electron chi connectivity index (χ4n) is 3.97. The maximum Gasteiger partial charge on any atom is 0.255 e. The molecule has 8 heteroatoms. The second-order valence-electron chi connectivity index (χ2n) is 7.87. The van der Waals surface area contributed by atoms with Crippen molar-refractivity contribution >= 4 is 29.3 Å². The van der Waals surface area contributed by atoms with E-state index < -0.39 is 6.04 Å². The highest BCUT2D eigenvalue weighted by atomic mass is 32.2. The number of carbonyl (C=O) groups excluding carboxylic acids is 2. The molecular weight excluding hydrogens is 438 g/mol. The quantitative estimate of drug-likeness (QED) is 0.605. The minimum Gasteiger partial charge on any atom is -0.497 e. The fourth-order valence-corrected chi connectivity index (χ4v) is 4.44. The van der Waals surface area contributed by atoms with Crippen molar-refractivity contribution in [3.63, 3.8) is 0 Å². The molecule has 2 aromatic carbocycles. The van der Waals surface area contributed by atoms with Crippen LogP contribution in [0.2, 0.25) is 0 Å². The molecule has 1 aliphatic rings. The molecule has 1 N–H and O–H groups in total. The van der Waals surface area contributed by atoms with Crippen LogP contribution in [-0.2, 0) is 4.79 Å². The maximum absolute atomic E-state index is 13.4. The molecule has 1 atom stereocenters. The first kappa shape index (κ1) is 24.8. The van der Waals surface area contributed by atoms with E-state index in [1.807, 2.05) is 41.5 Å². The molecule has 0 saturated carbocycles. The van der Waals surface area contributed by atoms with Gasteiger partial charge in [0.2, 0.25) is 5.91 Å². The summed E-state index contributed by atoms with van der Waals surface area (Å²) in [6, 6.07) is 14.5. The Balaban J connectivity index is 1.67. The van der Waals surface area contributed by atoms with Crippen LogP contribution in [0.4, 0.5) is 5.69 Å². The Morgan fingerprint density at radius 2 is 1.76 bits per heavy atom. The van der Waals surface area contributed by atoms with Crippen molar-refractivity contribution in [2.75, 3.05) is 57.3 Å². The molecule has 1 fully saturated rings. The molecule has 33 heavy (non-hydrogen) atoms. The zero-order valence-corrected chi connectivity index (χ0v) is 20.4. The summed E-state index contributed by atoms with van der Waals surface area (Å²) in [4.78, 5) is 30.6. The Hall–Kier alpha value is -2.87. The summed E-state index contributed by atoms with van der Waals surface area (Å²) in [5, 5.41) is 2.96. The lowest BCUT2D eigenvalue weighted by Crippen LogP contribution is -2.49. The first-order valence-corrected chi connectivity index (χ1v) is 12.6. The highest BCUT2D eigenvalue weighted by molar-refractivity contribution is 7.98. The van der Waals surface area contributed by atoms with Crippen molar-refractivity contribution < 1.29 is 19.1 Å². The molecular formula is C25H33N3O4S. The standard InChI is InChI=1S/C25H33N3O4S/c1-31-20-11-9-19(10-12-20)27-14-6-15-28(17-16-27)25(30)22(13-18-33-3)26-24(29)21-7-4-5-8-23(21)32-2/h4-5,7-12,22H,6,13-18H2,1-3H3,(H,26,29). The lowest BCUT2D eigenvalue weighted by Gasteiger charge is -2.27. The van der Waals surface area contributed by atoms with Gasteiger partial charge in [-0.25, -0.2) is 0 Å². The molecule has 0 radical (unpaired) electrons. The van der Waals surface area contributed by atoms with Gasteiger partial charge in [-0.15, -0.1) is 0 Å². The number of benzene rings is 2. The van der Waals surface area contributed by atoms with Gasteiger partial charge < -0.3 is 24.6 Å². The lowest BCUT2D eigenvalue weighted by atomic mass is 10.1. The number of thioether (sulfide) groups is 1. The van der Waals surface area contributed by atoms with Gasteiger partial charge in [-0.05, 0) is 61.2 Å². The van der Waals surface area contributed by atoms with Crippen molar-refractivity contribution in [2.24, 2.45) is 0 Å². The summed E-state index contributed by atoms with van der Waals surface area (Å²) >= 11 is 1.66. The van der Waals surface area contributed by atoms with E-state index >= 15 is 0 Å². The monoisotopic (exact) mass is 471 g/mol. The summed E-state index contributed by atoms with van der Waals surface area (Å²) in [6.45, 7) is 2.91. The van der Waals surface area contributed by atoms with E-state index in [9.17, 15) is 9.59 Å². The van der Waals surface area contributed by atoms with Crippen LogP contribution in [0.5, 0.6) is 11.5 Å². The Bertz CT molecular complexity index is 922. The molecule has 1 saturated heterocycles. The van der Waals surface area contributed by atoms with Gasteiger partial charge in [0, 0.05) is 31.9 Å². The van der Waals surface area contributed by atoms with Crippen LogP contribution in [-0.4, -0.2) is 75.2 Å². The van der Waals surface area contributed by atoms with E-state index in [1.54, 1.807) is 37.1 Å². The normalized spacial score (nSPS) is 14.9. The van der Waals surface area contributed by atoms with Crippen molar-refractivity contribution in [1.82, 2.24) is 10.2 Å². The number of ether oxygens (including phenoxy) is 2. The van der Waals surface area contributed by atoms with Crippen molar-refractivity contribution in [1.29, 1.82) is 0 Å². The van der Waals surface area contributed by atoms with Crippen LogP contribution in [0, 0.1) is 0 Å². The maximum atomic E-state index is 13.4. The zero-order chi connectivity index (χ0) is 23.6. The van der Waals surface area contributed by atoms with E-state index in [0.29, 0.717) is 30.8 Å². The molecule has 1 unspecified atom stereocenters. The summed E-state index contributed by atoms with van der Waals surface area (Å²) in [7, 11) is 3.19. The van der Waals surface area contributed by atoms with Crippen molar-refractivity contribution in [3.05, 3.63) is 54.1 Å². The Morgan fingerprint density at radius 1 is 1.00 bits per heavy atom. The lowest BCUT2D eigenvalue weighted by molar-refractivity contribution is -0.133. The highest BCUT2D eigenvalue weighted by Crippen LogP contribution is 2.21. The Kier molecular flexibility index (Phi) is 9.30. The van der Waals surface area contributed by atoms with Crippen molar-refractivity contribution in [2.45, 2.75) is 18.9 Å². The van der Waals surface area contributed by atoms with E-state index in [0.717, 1.165) is 36.7 Å². The molecule has 178 valence electrons. The number of rotatable bonds is 9. The number of methoxy groups -OCH3 is 2. The van der Waals surface area contributed by atoms with E-state index in [4.69, 9.17) is 9.47 Å². The molecule has 2 aromatic rings. The van der Waals surface area contributed by atoms with Crippen LogP contribution in [0.3, 0.4) is 0 Å². The topological polar surface area (TPSA) is 71.1 Å². The van der Waals surface area contributed by atoms with Gasteiger partial charge in [0.25, 0.3) is 5.91 Å². The number of hydrogen-bond donors (Lipinski definition) is 1. The fraction of sp³-hybridized carbons (Fsp3) is 0.440. The van der Waals surface area contributed by atoms with E-state index in [1.165, 1.54) is 7.11 Å². The molecule has 1 heterocycles. The Labute approximate surface area is 200 Å². The van der Waals surface area contributed by atoms with Crippen LogP contribution >= 0.6 is 11.8 Å². The van der Waals surface area contributed by atoms with Gasteiger partial charge in [-0.1, -0.05) is 12.1 Å². The second-order valence-corrected chi connectivity index (χ2v) is 8.86. The molecule has 0 aliphatic carbocycles. The second kappa shape index (κ2) is 12.4. The Morgan fingerprint density at radius 3 is 2.45 bits per heavy atom. The molecule has 7 nitrogen and oxygen atoms in total. The summed E-state index contributed by atoms with van der Waals surface area (Å²) in [5.74, 6) is 1.79. The third-order valence-corrected chi connectivity index (χ3v) is 6.45.